The van der Waals surface area contributed by atoms with Crippen LogP contribution in [0, 0.1) is 0 Å². The van der Waals surface area contributed by atoms with Crippen LogP contribution >= 0.6 is 17.7 Å². The zero-order valence-corrected chi connectivity index (χ0v) is 10.6. The van der Waals surface area contributed by atoms with Crippen molar-refractivity contribution in [2.24, 2.45) is 0 Å². The topological polar surface area (TPSA) is 17.1 Å². The lowest BCUT2D eigenvalue weighted by Gasteiger charge is -2.13. The van der Waals surface area contributed by atoms with Gasteiger partial charge in [-0.2, -0.15) is 0 Å². The molecule has 0 heterocycles. The first-order valence-corrected chi connectivity index (χ1v) is 7.74. The molecule has 0 amide bonds. The van der Waals surface area contributed by atoms with Gasteiger partial charge in [-0.15, -0.1) is 0 Å². The van der Waals surface area contributed by atoms with Crippen molar-refractivity contribution in [1.29, 1.82) is 0 Å². The maximum absolute atomic E-state index is 12.3. The molecule has 0 fully saturated rings. The van der Waals surface area contributed by atoms with Gasteiger partial charge >= 0.3 is 0 Å². The van der Waals surface area contributed by atoms with Gasteiger partial charge in [0.25, 0.3) is 0 Å². The van der Waals surface area contributed by atoms with Crippen LogP contribution in [0.4, 0.5) is 0 Å². The van der Waals surface area contributed by atoms with Crippen LogP contribution in [0.25, 0.3) is 0 Å². The number of unbranched alkanes of at least 4 members (excludes halogenated alkanes) is 1. The molecule has 1 atom stereocenters. The van der Waals surface area contributed by atoms with Gasteiger partial charge in [-0.3, -0.25) is 4.57 Å². The monoisotopic (exact) mass is 242 g/mol. The number of benzene rings is 1. The van der Waals surface area contributed by atoms with Crippen molar-refractivity contribution in [3.8, 4) is 0 Å². The zero-order valence-electron chi connectivity index (χ0n) is 8.95. The molecule has 1 rings (SSSR count). The van der Waals surface area contributed by atoms with Crippen LogP contribution in [-0.4, -0.2) is 0 Å². The molecule has 3 heteroatoms. The summed E-state index contributed by atoms with van der Waals surface area (Å²) >= 11 is 6.10. The van der Waals surface area contributed by atoms with Gasteiger partial charge in [-0.1, -0.05) is 50.3 Å². The predicted octanol–water partition coefficient (Wildman–Crippen LogP) is 4.53. The first-order valence-electron chi connectivity index (χ1n) is 5.12. The highest BCUT2D eigenvalue weighted by molar-refractivity contribution is 7.98. The first kappa shape index (κ1) is 12.5. The second-order valence-corrected chi connectivity index (χ2v) is 7.18. The average molecular weight is 243 g/mol. The predicted molar refractivity (Wildman–Crippen MR) is 68.2 cm³/mol. The van der Waals surface area contributed by atoms with Crippen molar-refractivity contribution in [2.45, 2.75) is 26.2 Å². The molecule has 0 saturated heterocycles. The van der Waals surface area contributed by atoms with Crippen molar-refractivity contribution in [2.75, 3.05) is 0 Å². The molecule has 0 saturated carbocycles. The highest BCUT2D eigenvalue weighted by Gasteiger charge is 2.24. The van der Waals surface area contributed by atoms with E-state index in [4.69, 9.17) is 11.2 Å². The Hall–Kier alpha value is -0.520. The molecule has 82 valence electrons. The van der Waals surface area contributed by atoms with E-state index in [9.17, 15) is 4.57 Å². The molecule has 1 nitrogen and oxygen atoms in total. The highest BCUT2D eigenvalue weighted by atomic mass is 35.7. The van der Waals surface area contributed by atoms with Gasteiger partial charge < -0.3 is 0 Å². The third-order valence-electron chi connectivity index (χ3n) is 2.31. The number of hydrogen-bond donors (Lipinski definition) is 0. The molecular weight excluding hydrogens is 227 g/mol. The summed E-state index contributed by atoms with van der Waals surface area (Å²) in [7, 11) is 0. The van der Waals surface area contributed by atoms with Crippen molar-refractivity contribution in [3.63, 3.8) is 0 Å². The molecule has 1 aromatic rings. The molecule has 0 N–H and O–H groups in total. The van der Waals surface area contributed by atoms with E-state index in [-0.39, 0.29) is 0 Å². The fraction of sp³-hybridized carbons (Fsp3) is 0.333. The van der Waals surface area contributed by atoms with Gasteiger partial charge in [0, 0.05) is 10.6 Å². The van der Waals surface area contributed by atoms with E-state index in [1.54, 1.807) is 12.1 Å². The average Bonchev–Trinajstić information content (AvgIpc) is 2.27. The summed E-state index contributed by atoms with van der Waals surface area (Å²) in [6.45, 7) is 3.05. The molecule has 0 spiro atoms. The third kappa shape index (κ3) is 3.22. The molecule has 0 aliphatic heterocycles. The molecule has 0 aliphatic carbocycles. The Morgan fingerprint density at radius 2 is 2.00 bits per heavy atom. The minimum Gasteiger partial charge on any atom is -0.297 e. The van der Waals surface area contributed by atoms with Crippen LogP contribution < -0.4 is 5.30 Å². The summed E-state index contributed by atoms with van der Waals surface area (Å²) in [5.41, 5.74) is 0. The van der Waals surface area contributed by atoms with Gasteiger partial charge in [0.05, 0.1) is 0 Å². The van der Waals surface area contributed by atoms with Gasteiger partial charge in [0.2, 0.25) is 6.49 Å². The molecular formula is C12H16ClOP. The molecule has 1 unspecified atom stereocenters. The summed E-state index contributed by atoms with van der Waals surface area (Å²) in [5, 5.41) is 1.35. The summed E-state index contributed by atoms with van der Waals surface area (Å²) in [5.74, 6) is 0. The van der Waals surface area contributed by atoms with Gasteiger partial charge in [0.1, 0.15) is 0 Å². The van der Waals surface area contributed by atoms with E-state index in [0.29, 0.717) is 10.6 Å². The van der Waals surface area contributed by atoms with Crippen molar-refractivity contribution >= 4 is 23.0 Å². The van der Waals surface area contributed by atoms with Crippen LogP contribution in [0.5, 0.6) is 0 Å². The van der Waals surface area contributed by atoms with Crippen molar-refractivity contribution in [3.05, 3.63) is 42.2 Å². The van der Waals surface area contributed by atoms with E-state index in [2.05, 4.69) is 13.5 Å². The first-order chi connectivity index (χ1) is 7.09. The molecule has 0 aliphatic rings. The standard InChI is InChI=1S/C12H16ClOP/c1-3-4-8-11(2)15(13,14)12-9-6-5-7-10-12/h5-7,9-10H,2-4,8H2,1H3. The minimum absolute atomic E-state index is 0.664. The minimum atomic E-state index is -2.89. The Morgan fingerprint density at radius 1 is 1.40 bits per heavy atom. The normalized spacial score (nSPS) is 14.5. The maximum atomic E-state index is 12.3. The van der Waals surface area contributed by atoms with E-state index < -0.39 is 6.49 Å². The Kier molecular flexibility index (Phi) is 4.63. The summed E-state index contributed by atoms with van der Waals surface area (Å²) < 4.78 is 12.3. The number of hydrogen-bond acceptors (Lipinski definition) is 1. The van der Waals surface area contributed by atoms with Crippen LogP contribution in [0.3, 0.4) is 0 Å². The lowest BCUT2D eigenvalue weighted by Crippen LogP contribution is -2.01. The Morgan fingerprint density at radius 3 is 2.53 bits per heavy atom. The second kappa shape index (κ2) is 5.53. The van der Waals surface area contributed by atoms with E-state index in [1.165, 1.54) is 0 Å². The van der Waals surface area contributed by atoms with Gasteiger partial charge in [-0.05, 0) is 24.1 Å². The quantitative estimate of drug-likeness (QED) is 0.693. The smallest absolute Gasteiger partial charge is 0.221 e. The summed E-state index contributed by atoms with van der Waals surface area (Å²) in [4.78, 5) is 0. The van der Waals surface area contributed by atoms with Gasteiger partial charge in [-0.25, -0.2) is 0 Å². The Bertz CT molecular complexity index is 372. The van der Waals surface area contributed by atoms with Crippen LogP contribution in [0.1, 0.15) is 26.2 Å². The van der Waals surface area contributed by atoms with E-state index in [1.807, 2.05) is 18.2 Å². The van der Waals surface area contributed by atoms with Crippen molar-refractivity contribution in [1.82, 2.24) is 0 Å². The molecule has 0 bridgehead atoms. The lowest BCUT2D eigenvalue weighted by atomic mass is 10.2. The number of halogens is 1. The van der Waals surface area contributed by atoms with Crippen LogP contribution in [-0.2, 0) is 4.57 Å². The number of rotatable bonds is 5. The lowest BCUT2D eigenvalue weighted by molar-refractivity contribution is 0.591. The highest BCUT2D eigenvalue weighted by Crippen LogP contribution is 2.58. The molecule has 15 heavy (non-hydrogen) atoms. The zero-order chi connectivity index (χ0) is 11.3. The Balaban J connectivity index is 2.84. The Labute approximate surface area is 96.3 Å². The van der Waals surface area contributed by atoms with Crippen LogP contribution in [0.15, 0.2) is 42.2 Å². The second-order valence-electron chi connectivity index (χ2n) is 3.54. The maximum Gasteiger partial charge on any atom is 0.221 e. The third-order valence-corrected chi connectivity index (χ3v) is 5.62. The fourth-order valence-electron chi connectivity index (χ4n) is 1.33. The van der Waals surface area contributed by atoms with Crippen LogP contribution in [0.2, 0.25) is 0 Å². The van der Waals surface area contributed by atoms with E-state index in [0.717, 1.165) is 19.3 Å². The largest absolute Gasteiger partial charge is 0.297 e. The SMILES string of the molecule is C=C(CCCC)P(=O)(Cl)c1ccccc1. The van der Waals surface area contributed by atoms with Crippen molar-refractivity contribution < 1.29 is 4.57 Å². The molecule has 0 aromatic heterocycles. The fourth-order valence-corrected chi connectivity index (χ4v) is 3.29. The van der Waals surface area contributed by atoms with E-state index >= 15 is 0 Å². The van der Waals surface area contributed by atoms with Gasteiger partial charge in [0.15, 0.2) is 0 Å². The summed E-state index contributed by atoms with van der Waals surface area (Å²) in [6, 6.07) is 9.17. The molecule has 1 aromatic carbocycles. The summed E-state index contributed by atoms with van der Waals surface area (Å²) in [6.07, 6.45) is 2.79. The molecule has 0 radical (unpaired) electrons. The number of allylic oxidation sites excluding steroid dienone is 1.